The molecule has 4 unspecified atom stereocenters. The molecule has 29 heavy (non-hydrogen) atoms. The van der Waals surface area contributed by atoms with Crippen LogP contribution in [0.4, 0.5) is 0 Å². The van der Waals surface area contributed by atoms with Crippen LogP contribution in [-0.4, -0.2) is 65.2 Å². The number of piperidine rings is 2. The van der Waals surface area contributed by atoms with Crippen molar-refractivity contribution >= 4 is 29.2 Å². The number of nitrogens with zero attached hydrogens (tertiary/aromatic N) is 1. The Labute approximate surface area is 181 Å². The van der Waals surface area contributed by atoms with Crippen molar-refractivity contribution in [1.82, 2.24) is 15.6 Å². The van der Waals surface area contributed by atoms with E-state index in [0.717, 1.165) is 51.6 Å². The van der Waals surface area contributed by atoms with Crippen LogP contribution in [0.3, 0.4) is 0 Å². The first-order chi connectivity index (χ1) is 14.1. The van der Waals surface area contributed by atoms with Gasteiger partial charge in [-0.3, -0.25) is 4.98 Å². The number of hydrogen-bond acceptors (Lipinski definition) is 6. The Kier molecular flexibility index (Phi) is 8.66. The van der Waals surface area contributed by atoms with Crippen molar-refractivity contribution in [3.05, 3.63) is 18.0 Å². The number of halogens is 2. The molecule has 1 aromatic heterocycles. The molecular formula is C20H29Cl2N3O4. The monoisotopic (exact) mass is 445 g/mol. The number of nitrogens with one attached hydrogen (secondary N) is 2. The highest BCUT2D eigenvalue weighted by Crippen LogP contribution is 2.29. The Hall–Kier alpha value is -1.28. The lowest BCUT2D eigenvalue weighted by atomic mass is 10.0. The summed E-state index contributed by atoms with van der Waals surface area (Å²) in [6.07, 6.45) is 9.28. The third-order valence-electron chi connectivity index (χ3n) is 5.46. The van der Waals surface area contributed by atoms with Crippen molar-refractivity contribution in [3.63, 3.8) is 0 Å². The molecule has 0 saturated carbocycles. The van der Waals surface area contributed by atoms with Crippen molar-refractivity contribution in [2.75, 3.05) is 26.3 Å². The van der Waals surface area contributed by atoms with Gasteiger partial charge >= 0.3 is 5.97 Å². The maximum absolute atomic E-state index is 11.9. The predicted molar refractivity (Wildman–Crippen MR) is 113 cm³/mol. The molecule has 9 heteroatoms. The van der Waals surface area contributed by atoms with E-state index in [0.29, 0.717) is 0 Å². The minimum Gasteiger partial charge on any atom is -0.489 e. The summed E-state index contributed by atoms with van der Waals surface area (Å²) < 4.78 is 11.5. The smallest absolute Gasteiger partial charge is 0.343 e. The lowest BCUT2D eigenvalue weighted by Crippen LogP contribution is -2.43. The Morgan fingerprint density at radius 2 is 1.48 bits per heavy atom. The third-order valence-corrected chi connectivity index (χ3v) is 6.32. The number of aromatic carboxylic acids is 1. The highest BCUT2D eigenvalue weighted by atomic mass is 35.5. The molecule has 1 aromatic rings. The molecule has 0 aromatic carbocycles. The second-order valence-electron chi connectivity index (χ2n) is 7.58. The molecule has 0 spiro atoms. The van der Waals surface area contributed by atoms with Gasteiger partial charge in [-0.25, -0.2) is 4.79 Å². The average molecular weight is 446 g/mol. The van der Waals surface area contributed by atoms with Gasteiger partial charge in [0.25, 0.3) is 0 Å². The van der Waals surface area contributed by atoms with Crippen molar-refractivity contribution in [1.29, 1.82) is 0 Å². The summed E-state index contributed by atoms with van der Waals surface area (Å²) in [7, 11) is 0. The molecule has 7 nitrogen and oxygen atoms in total. The van der Waals surface area contributed by atoms with Crippen molar-refractivity contribution in [2.45, 2.75) is 61.4 Å². The van der Waals surface area contributed by atoms with Gasteiger partial charge in [0.05, 0.1) is 23.1 Å². The molecule has 3 heterocycles. The topological polar surface area (TPSA) is 92.7 Å². The summed E-state index contributed by atoms with van der Waals surface area (Å²) in [6, 6.07) is 0.317. The highest BCUT2D eigenvalue weighted by Gasteiger charge is 2.26. The Morgan fingerprint density at radius 3 is 1.86 bits per heavy atom. The van der Waals surface area contributed by atoms with Crippen LogP contribution in [0.5, 0.6) is 11.5 Å². The van der Waals surface area contributed by atoms with E-state index in [1.54, 1.807) is 0 Å². The molecule has 0 bridgehead atoms. The van der Waals surface area contributed by atoms with E-state index in [1.807, 2.05) is 0 Å². The van der Waals surface area contributed by atoms with E-state index in [4.69, 9.17) is 32.7 Å². The van der Waals surface area contributed by atoms with Crippen LogP contribution in [0.15, 0.2) is 12.4 Å². The minimum absolute atomic E-state index is 0.0547. The second kappa shape index (κ2) is 11.2. The van der Waals surface area contributed by atoms with E-state index in [-0.39, 0.29) is 53.1 Å². The fraction of sp³-hybridized carbons (Fsp3) is 0.700. The van der Waals surface area contributed by atoms with E-state index < -0.39 is 5.97 Å². The van der Waals surface area contributed by atoms with Crippen LogP contribution < -0.4 is 20.1 Å². The SMILES string of the molecule is O=C(O)c1c(OCC(Cl)C2CCCCN2)cncc1OCC(Cl)C1CCCCN1. The Balaban J connectivity index is 1.61. The zero-order valence-corrected chi connectivity index (χ0v) is 17.9. The molecule has 3 rings (SSSR count). The van der Waals surface area contributed by atoms with Gasteiger partial charge < -0.3 is 25.2 Å². The summed E-state index contributed by atoms with van der Waals surface area (Å²) in [6.45, 7) is 2.26. The minimum atomic E-state index is -1.14. The van der Waals surface area contributed by atoms with Crippen molar-refractivity contribution < 1.29 is 19.4 Å². The standard InChI is InChI=1S/C20H29Cl2N3O4/c21-13(15-5-1-3-7-24-15)11-28-17-9-23-10-18(19(17)20(26)27)29-12-14(22)16-6-2-4-8-25-16/h9-10,13-16,24-25H,1-8,11-12H2,(H,26,27). The first-order valence-corrected chi connectivity index (χ1v) is 11.2. The quantitative estimate of drug-likeness (QED) is 0.502. The van der Waals surface area contributed by atoms with Gasteiger partial charge in [0.1, 0.15) is 18.8 Å². The second-order valence-corrected chi connectivity index (χ2v) is 8.70. The molecule has 4 atom stereocenters. The number of alkyl halides is 2. The van der Waals surface area contributed by atoms with Crippen LogP contribution in [0.25, 0.3) is 0 Å². The summed E-state index contributed by atoms with van der Waals surface area (Å²) in [5.74, 6) is -0.835. The lowest BCUT2D eigenvalue weighted by Gasteiger charge is -2.28. The van der Waals surface area contributed by atoms with Gasteiger partial charge in [-0.2, -0.15) is 0 Å². The number of pyridine rings is 1. The molecule has 0 radical (unpaired) electrons. The number of aromatic nitrogens is 1. The fourth-order valence-electron chi connectivity index (χ4n) is 3.80. The van der Waals surface area contributed by atoms with Gasteiger partial charge in [0.15, 0.2) is 11.5 Å². The van der Waals surface area contributed by atoms with Gasteiger partial charge in [-0.15, -0.1) is 23.2 Å². The van der Waals surface area contributed by atoms with Gasteiger partial charge in [0.2, 0.25) is 0 Å². The van der Waals surface area contributed by atoms with Crippen LogP contribution in [-0.2, 0) is 0 Å². The normalized spacial score (nSPS) is 24.5. The number of rotatable bonds is 9. The number of carboxylic acids is 1. The van der Waals surface area contributed by atoms with E-state index in [9.17, 15) is 9.90 Å². The highest BCUT2D eigenvalue weighted by molar-refractivity contribution is 6.21. The number of carboxylic acid groups (broad SMARTS) is 1. The largest absolute Gasteiger partial charge is 0.489 e. The third kappa shape index (κ3) is 6.35. The van der Waals surface area contributed by atoms with Crippen molar-refractivity contribution in [2.24, 2.45) is 0 Å². The van der Waals surface area contributed by atoms with Crippen LogP contribution >= 0.6 is 23.2 Å². The van der Waals surface area contributed by atoms with E-state index >= 15 is 0 Å². The molecule has 2 fully saturated rings. The summed E-state index contributed by atoms with van der Waals surface area (Å²) >= 11 is 12.9. The number of hydrogen-bond donors (Lipinski definition) is 3. The zero-order valence-electron chi connectivity index (χ0n) is 16.4. The Morgan fingerprint density at radius 1 is 1.00 bits per heavy atom. The first-order valence-electron chi connectivity index (χ1n) is 10.3. The van der Waals surface area contributed by atoms with Crippen LogP contribution in [0.1, 0.15) is 48.9 Å². The van der Waals surface area contributed by atoms with Gasteiger partial charge in [-0.1, -0.05) is 12.8 Å². The van der Waals surface area contributed by atoms with Gasteiger partial charge in [-0.05, 0) is 38.8 Å². The molecule has 2 aliphatic heterocycles. The first kappa shape index (κ1) is 22.4. The maximum Gasteiger partial charge on any atom is 0.343 e. The number of carbonyl (C=O) groups is 1. The van der Waals surface area contributed by atoms with E-state index in [1.165, 1.54) is 12.4 Å². The maximum atomic E-state index is 11.9. The molecule has 0 amide bonds. The molecule has 0 aliphatic carbocycles. The van der Waals surface area contributed by atoms with Crippen LogP contribution in [0.2, 0.25) is 0 Å². The van der Waals surface area contributed by atoms with E-state index in [2.05, 4.69) is 15.6 Å². The summed E-state index contributed by atoms with van der Waals surface area (Å²) in [4.78, 5) is 15.9. The molecule has 2 saturated heterocycles. The summed E-state index contributed by atoms with van der Waals surface area (Å²) in [5, 5.41) is 15.9. The average Bonchev–Trinajstić information content (AvgIpc) is 2.76. The predicted octanol–water partition coefficient (Wildman–Crippen LogP) is 3.04. The Bertz CT molecular complexity index is 621. The van der Waals surface area contributed by atoms with Crippen LogP contribution in [0, 0.1) is 0 Å². The van der Waals surface area contributed by atoms with Gasteiger partial charge in [0, 0.05) is 12.1 Å². The van der Waals surface area contributed by atoms with Crippen molar-refractivity contribution in [3.8, 4) is 11.5 Å². The zero-order chi connectivity index (χ0) is 20.6. The summed E-state index contributed by atoms with van der Waals surface area (Å²) in [5.41, 5.74) is -0.0547. The number of ether oxygens (including phenoxy) is 2. The molecule has 162 valence electrons. The molecular weight excluding hydrogens is 417 g/mol. The molecule has 2 aliphatic rings. The molecule has 3 N–H and O–H groups in total. The fourth-order valence-corrected chi connectivity index (χ4v) is 4.36. The lowest BCUT2D eigenvalue weighted by molar-refractivity contribution is 0.0686.